The molecule has 2 atom stereocenters. The summed E-state index contributed by atoms with van der Waals surface area (Å²) in [5, 5.41) is 3.54. The second kappa shape index (κ2) is 6.98. The average Bonchev–Trinajstić information content (AvgIpc) is 3.32. The standard InChI is InChI=1S/C19H29N3O2/c1-3-23-11-16-6-15-7-17-9-20-8-13(2)22(17)19(15)21-18(16)12-24-10-14-4-5-14/h6,13-14,17,20H,3-5,7-12H2,1-2H3/t13-,17-/m1/s1. The molecule has 1 saturated heterocycles. The molecule has 0 radical (unpaired) electrons. The first kappa shape index (κ1) is 16.3. The summed E-state index contributed by atoms with van der Waals surface area (Å²) >= 11 is 0. The highest BCUT2D eigenvalue weighted by molar-refractivity contribution is 5.57. The van der Waals surface area contributed by atoms with Crippen LogP contribution in [0.4, 0.5) is 5.82 Å². The first-order chi connectivity index (χ1) is 11.8. The molecule has 0 bridgehead atoms. The van der Waals surface area contributed by atoms with E-state index in [9.17, 15) is 0 Å². The molecule has 0 aromatic carbocycles. The molecule has 1 aromatic heterocycles. The van der Waals surface area contributed by atoms with Crippen LogP contribution < -0.4 is 10.2 Å². The lowest BCUT2D eigenvalue weighted by Gasteiger charge is -2.37. The maximum atomic E-state index is 5.94. The Labute approximate surface area is 144 Å². The zero-order valence-electron chi connectivity index (χ0n) is 14.9. The van der Waals surface area contributed by atoms with Gasteiger partial charge in [0.05, 0.1) is 18.9 Å². The highest BCUT2D eigenvalue weighted by Gasteiger charge is 2.36. The van der Waals surface area contributed by atoms with Gasteiger partial charge in [-0.15, -0.1) is 0 Å². The van der Waals surface area contributed by atoms with E-state index in [0.29, 0.717) is 25.3 Å². The zero-order chi connectivity index (χ0) is 16.5. The topological polar surface area (TPSA) is 46.6 Å². The van der Waals surface area contributed by atoms with Gasteiger partial charge in [-0.2, -0.15) is 0 Å². The molecule has 132 valence electrons. The van der Waals surface area contributed by atoms with Crippen LogP contribution in [-0.2, 0) is 29.1 Å². The number of hydrogen-bond donors (Lipinski definition) is 1. The van der Waals surface area contributed by atoms with Crippen molar-refractivity contribution in [3.05, 3.63) is 22.9 Å². The number of ether oxygens (including phenoxy) is 2. The Balaban J connectivity index is 1.57. The van der Waals surface area contributed by atoms with Crippen LogP contribution in [0.15, 0.2) is 6.07 Å². The van der Waals surface area contributed by atoms with Gasteiger partial charge in [-0.25, -0.2) is 4.98 Å². The third-order valence-corrected chi connectivity index (χ3v) is 5.39. The maximum absolute atomic E-state index is 5.94. The lowest BCUT2D eigenvalue weighted by Crippen LogP contribution is -2.55. The molecular formula is C19H29N3O2. The Hall–Kier alpha value is -1.17. The van der Waals surface area contributed by atoms with Crippen LogP contribution in [0.25, 0.3) is 0 Å². The van der Waals surface area contributed by atoms with Crippen molar-refractivity contribution in [2.45, 2.75) is 58.4 Å². The summed E-state index contributed by atoms with van der Waals surface area (Å²) in [6, 6.07) is 3.35. The van der Waals surface area contributed by atoms with Crippen molar-refractivity contribution in [3.63, 3.8) is 0 Å². The van der Waals surface area contributed by atoms with Crippen molar-refractivity contribution >= 4 is 5.82 Å². The fourth-order valence-corrected chi connectivity index (χ4v) is 3.89. The summed E-state index contributed by atoms with van der Waals surface area (Å²) in [6.45, 7) is 9.26. The molecule has 0 spiro atoms. The summed E-state index contributed by atoms with van der Waals surface area (Å²) in [4.78, 5) is 7.57. The summed E-state index contributed by atoms with van der Waals surface area (Å²) in [6.07, 6.45) is 3.73. The number of hydrogen-bond acceptors (Lipinski definition) is 5. The molecule has 1 N–H and O–H groups in total. The van der Waals surface area contributed by atoms with Crippen molar-refractivity contribution in [1.29, 1.82) is 0 Å². The molecule has 3 heterocycles. The molecule has 24 heavy (non-hydrogen) atoms. The van der Waals surface area contributed by atoms with Crippen LogP contribution in [-0.4, -0.2) is 43.4 Å². The second-order valence-electron chi connectivity index (χ2n) is 7.45. The number of aromatic nitrogens is 1. The number of anilines is 1. The minimum Gasteiger partial charge on any atom is -0.377 e. The summed E-state index contributed by atoms with van der Waals surface area (Å²) in [5.74, 6) is 1.96. The predicted molar refractivity (Wildman–Crippen MR) is 94.2 cm³/mol. The Bertz CT molecular complexity index is 588. The normalized spacial score (nSPS) is 25.7. The Kier molecular flexibility index (Phi) is 4.74. The monoisotopic (exact) mass is 331 g/mol. The third-order valence-electron chi connectivity index (χ3n) is 5.39. The molecule has 3 aliphatic rings. The van der Waals surface area contributed by atoms with Crippen LogP contribution in [0.1, 0.15) is 43.5 Å². The maximum Gasteiger partial charge on any atom is 0.132 e. The lowest BCUT2D eigenvalue weighted by molar-refractivity contribution is 0.102. The fraction of sp³-hybridized carbons (Fsp3) is 0.737. The predicted octanol–water partition coefficient (Wildman–Crippen LogP) is 2.27. The quantitative estimate of drug-likeness (QED) is 0.830. The highest BCUT2D eigenvalue weighted by Crippen LogP contribution is 2.35. The molecule has 0 amide bonds. The van der Waals surface area contributed by atoms with E-state index in [2.05, 4.69) is 23.2 Å². The minimum atomic E-state index is 0.496. The van der Waals surface area contributed by atoms with Gasteiger partial charge in [0, 0.05) is 44.0 Å². The van der Waals surface area contributed by atoms with Crippen molar-refractivity contribution < 1.29 is 9.47 Å². The zero-order valence-corrected chi connectivity index (χ0v) is 14.9. The van der Waals surface area contributed by atoms with E-state index in [0.717, 1.165) is 44.3 Å². The Morgan fingerprint density at radius 2 is 2.12 bits per heavy atom. The van der Waals surface area contributed by atoms with Gasteiger partial charge in [0.2, 0.25) is 0 Å². The van der Waals surface area contributed by atoms with Gasteiger partial charge >= 0.3 is 0 Å². The number of piperazine rings is 1. The second-order valence-corrected chi connectivity index (χ2v) is 7.45. The van der Waals surface area contributed by atoms with E-state index in [-0.39, 0.29) is 0 Å². The average molecular weight is 331 g/mol. The molecule has 2 fully saturated rings. The molecule has 4 rings (SSSR count). The third kappa shape index (κ3) is 3.30. The molecular weight excluding hydrogens is 302 g/mol. The van der Waals surface area contributed by atoms with Gasteiger partial charge in [-0.05, 0) is 50.7 Å². The smallest absolute Gasteiger partial charge is 0.132 e. The van der Waals surface area contributed by atoms with E-state index in [4.69, 9.17) is 14.5 Å². The summed E-state index contributed by atoms with van der Waals surface area (Å²) < 4.78 is 11.6. The van der Waals surface area contributed by atoms with Crippen molar-refractivity contribution in [1.82, 2.24) is 10.3 Å². The lowest BCUT2D eigenvalue weighted by atomic mass is 10.1. The minimum absolute atomic E-state index is 0.496. The molecule has 2 aliphatic heterocycles. The Morgan fingerprint density at radius 1 is 1.25 bits per heavy atom. The van der Waals surface area contributed by atoms with Gasteiger partial charge in [0.25, 0.3) is 0 Å². The molecule has 1 aromatic rings. The van der Waals surface area contributed by atoms with Gasteiger partial charge in [-0.1, -0.05) is 0 Å². The van der Waals surface area contributed by atoms with Crippen LogP contribution >= 0.6 is 0 Å². The van der Waals surface area contributed by atoms with Crippen molar-refractivity contribution in [2.75, 3.05) is 31.2 Å². The molecule has 5 heteroatoms. The highest BCUT2D eigenvalue weighted by atomic mass is 16.5. The summed E-state index contributed by atoms with van der Waals surface area (Å²) in [7, 11) is 0. The van der Waals surface area contributed by atoms with E-state index >= 15 is 0 Å². The number of pyridine rings is 1. The number of rotatable bonds is 7. The van der Waals surface area contributed by atoms with E-state index in [1.165, 1.54) is 29.8 Å². The molecule has 5 nitrogen and oxygen atoms in total. The van der Waals surface area contributed by atoms with E-state index in [1.807, 2.05) is 6.92 Å². The van der Waals surface area contributed by atoms with Gasteiger partial charge in [0.15, 0.2) is 0 Å². The number of nitrogens with zero attached hydrogens (tertiary/aromatic N) is 2. The van der Waals surface area contributed by atoms with Crippen molar-refractivity contribution in [3.8, 4) is 0 Å². The van der Waals surface area contributed by atoms with Crippen LogP contribution in [0.2, 0.25) is 0 Å². The van der Waals surface area contributed by atoms with Gasteiger partial charge in [0.1, 0.15) is 5.82 Å². The Morgan fingerprint density at radius 3 is 2.92 bits per heavy atom. The van der Waals surface area contributed by atoms with Crippen LogP contribution in [0.3, 0.4) is 0 Å². The number of fused-ring (bicyclic) bond motifs is 3. The van der Waals surface area contributed by atoms with E-state index < -0.39 is 0 Å². The first-order valence-electron chi connectivity index (χ1n) is 9.42. The first-order valence-corrected chi connectivity index (χ1v) is 9.42. The van der Waals surface area contributed by atoms with E-state index in [1.54, 1.807) is 0 Å². The molecule has 0 unspecified atom stereocenters. The molecule has 1 saturated carbocycles. The SMILES string of the molecule is CCOCc1cc2c(nc1COCC1CC1)N1[C@@H](CNC[C@H]1C)C2. The van der Waals surface area contributed by atoms with Crippen molar-refractivity contribution in [2.24, 2.45) is 5.92 Å². The number of nitrogens with one attached hydrogen (secondary N) is 1. The van der Waals surface area contributed by atoms with Crippen LogP contribution in [0, 0.1) is 5.92 Å². The largest absolute Gasteiger partial charge is 0.377 e. The fourth-order valence-electron chi connectivity index (χ4n) is 3.89. The van der Waals surface area contributed by atoms with Gasteiger partial charge in [-0.3, -0.25) is 0 Å². The van der Waals surface area contributed by atoms with Crippen LogP contribution in [0.5, 0.6) is 0 Å². The van der Waals surface area contributed by atoms with Gasteiger partial charge < -0.3 is 19.7 Å². The summed E-state index contributed by atoms with van der Waals surface area (Å²) in [5.41, 5.74) is 3.64. The molecule has 1 aliphatic carbocycles.